The van der Waals surface area contributed by atoms with Crippen molar-refractivity contribution in [3.05, 3.63) is 16.9 Å². The molecule has 0 radical (unpaired) electrons. The molecule has 2 heterocycles. The van der Waals surface area contributed by atoms with Gasteiger partial charge in [-0.25, -0.2) is 0 Å². The van der Waals surface area contributed by atoms with E-state index in [0.29, 0.717) is 24.5 Å². The van der Waals surface area contributed by atoms with Crippen molar-refractivity contribution in [3.63, 3.8) is 0 Å². The number of hydrogen-bond acceptors (Lipinski definition) is 3. The van der Waals surface area contributed by atoms with Gasteiger partial charge in [0.1, 0.15) is 0 Å². The van der Waals surface area contributed by atoms with Gasteiger partial charge < -0.3 is 0 Å². The lowest BCUT2D eigenvalue weighted by molar-refractivity contribution is -0.140. The number of amides is 2. The van der Waals surface area contributed by atoms with Crippen molar-refractivity contribution in [3.8, 4) is 0 Å². The number of carbonyl (C=O) groups excluding carboxylic acids is 2. The molecule has 2 aliphatic rings. The topological polar surface area (TPSA) is 55.2 Å². The number of halogens is 1. The van der Waals surface area contributed by atoms with Crippen molar-refractivity contribution in [2.45, 2.75) is 45.6 Å². The molecule has 0 spiro atoms. The van der Waals surface area contributed by atoms with Crippen molar-refractivity contribution in [2.24, 2.45) is 11.8 Å². The van der Waals surface area contributed by atoms with Gasteiger partial charge in [0.05, 0.1) is 22.6 Å². The first-order chi connectivity index (χ1) is 10.1. The van der Waals surface area contributed by atoms with Crippen molar-refractivity contribution < 1.29 is 9.59 Å². The van der Waals surface area contributed by atoms with Gasteiger partial charge in [-0.2, -0.15) is 5.10 Å². The van der Waals surface area contributed by atoms with Crippen LogP contribution in [0.2, 0.25) is 5.02 Å². The first kappa shape index (κ1) is 14.6. The van der Waals surface area contributed by atoms with E-state index in [2.05, 4.69) is 5.10 Å². The Hall–Kier alpha value is -1.36. The molecule has 2 unspecified atom stereocenters. The van der Waals surface area contributed by atoms with Crippen LogP contribution >= 0.6 is 11.6 Å². The molecule has 6 heteroatoms. The third-order valence-electron chi connectivity index (χ3n) is 4.59. The summed E-state index contributed by atoms with van der Waals surface area (Å²) in [4.78, 5) is 26.1. The summed E-state index contributed by atoms with van der Waals surface area (Å²) in [6, 6.07) is 0. The summed E-state index contributed by atoms with van der Waals surface area (Å²) < 4.78 is 1.77. The van der Waals surface area contributed by atoms with Crippen LogP contribution in [0.1, 0.15) is 37.8 Å². The zero-order valence-electron chi connectivity index (χ0n) is 12.2. The van der Waals surface area contributed by atoms with Gasteiger partial charge in [-0.15, -0.1) is 0 Å². The van der Waals surface area contributed by atoms with Crippen LogP contribution in [-0.2, 0) is 16.1 Å². The zero-order valence-corrected chi connectivity index (χ0v) is 13.0. The molecule has 1 saturated carbocycles. The number of nitrogens with zero attached hydrogens (tertiary/aromatic N) is 3. The SMILES string of the molecule is Cc1nn(CCCN2C(=O)C3CCCCC3C2=O)cc1Cl. The fourth-order valence-corrected chi connectivity index (χ4v) is 3.60. The maximum atomic E-state index is 12.3. The minimum absolute atomic E-state index is 0.0411. The minimum atomic E-state index is -0.0485. The standard InChI is InChI=1S/C15H20ClN3O2/c1-10-13(16)9-18(17-10)7-4-8-19-14(20)11-5-2-3-6-12(11)15(19)21/h9,11-12H,2-8H2,1H3. The summed E-state index contributed by atoms with van der Waals surface area (Å²) in [7, 11) is 0. The van der Waals surface area contributed by atoms with Crippen molar-refractivity contribution in [1.29, 1.82) is 0 Å². The number of aromatic nitrogens is 2. The number of rotatable bonds is 4. The Labute approximate surface area is 129 Å². The van der Waals surface area contributed by atoms with Gasteiger partial charge in [-0.1, -0.05) is 24.4 Å². The molecule has 2 amide bonds. The van der Waals surface area contributed by atoms with E-state index < -0.39 is 0 Å². The van der Waals surface area contributed by atoms with E-state index in [1.807, 2.05) is 6.92 Å². The third kappa shape index (κ3) is 2.71. The van der Waals surface area contributed by atoms with E-state index >= 15 is 0 Å². The molecular formula is C15H20ClN3O2. The summed E-state index contributed by atoms with van der Waals surface area (Å²) in [5.41, 5.74) is 0.802. The Morgan fingerprint density at radius 1 is 1.19 bits per heavy atom. The number of carbonyl (C=O) groups is 2. The number of fused-ring (bicyclic) bond motifs is 1. The molecule has 1 aliphatic heterocycles. The molecule has 1 aliphatic carbocycles. The summed E-state index contributed by atoms with van der Waals surface area (Å²) in [6.07, 6.45) is 6.39. The molecule has 0 aromatic carbocycles. The first-order valence-corrected chi connectivity index (χ1v) is 8.00. The van der Waals surface area contributed by atoms with Crippen molar-refractivity contribution in [2.75, 3.05) is 6.54 Å². The maximum absolute atomic E-state index is 12.3. The van der Waals surface area contributed by atoms with E-state index in [0.717, 1.165) is 31.4 Å². The van der Waals surface area contributed by atoms with E-state index in [1.165, 1.54) is 4.90 Å². The van der Waals surface area contributed by atoms with E-state index in [9.17, 15) is 9.59 Å². The van der Waals surface area contributed by atoms with E-state index in [4.69, 9.17) is 11.6 Å². The third-order valence-corrected chi connectivity index (χ3v) is 4.96. The highest BCUT2D eigenvalue weighted by molar-refractivity contribution is 6.31. The van der Waals surface area contributed by atoms with Crippen molar-refractivity contribution >= 4 is 23.4 Å². The molecule has 114 valence electrons. The fraction of sp³-hybridized carbons (Fsp3) is 0.667. The van der Waals surface area contributed by atoms with Crippen LogP contribution in [0.3, 0.4) is 0 Å². The monoisotopic (exact) mass is 309 g/mol. The van der Waals surface area contributed by atoms with Crippen LogP contribution in [0.4, 0.5) is 0 Å². The Kier molecular flexibility index (Phi) is 4.02. The van der Waals surface area contributed by atoms with Gasteiger partial charge in [0, 0.05) is 19.3 Å². The predicted molar refractivity (Wildman–Crippen MR) is 78.8 cm³/mol. The van der Waals surface area contributed by atoms with Gasteiger partial charge in [0.25, 0.3) is 0 Å². The summed E-state index contributed by atoms with van der Waals surface area (Å²) >= 11 is 5.96. The molecule has 3 rings (SSSR count). The number of aryl methyl sites for hydroxylation is 2. The van der Waals surface area contributed by atoms with Gasteiger partial charge in [0.2, 0.25) is 11.8 Å². The average Bonchev–Trinajstić information content (AvgIpc) is 2.92. The summed E-state index contributed by atoms with van der Waals surface area (Å²) in [6.45, 7) is 3.01. The molecule has 0 bridgehead atoms. The lowest BCUT2D eigenvalue weighted by Crippen LogP contribution is -2.32. The molecule has 2 fully saturated rings. The second-order valence-electron chi connectivity index (χ2n) is 6.00. The quantitative estimate of drug-likeness (QED) is 0.803. The number of hydrogen-bond donors (Lipinski definition) is 0. The molecule has 1 aromatic heterocycles. The van der Waals surface area contributed by atoms with E-state index in [1.54, 1.807) is 10.9 Å². The molecule has 1 aromatic rings. The molecule has 2 atom stereocenters. The van der Waals surface area contributed by atoms with Crippen LogP contribution in [0, 0.1) is 18.8 Å². The Morgan fingerprint density at radius 2 is 1.81 bits per heavy atom. The largest absolute Gasteiger partial charge is 0.282 e. The molecule has 21 heavy (non-hydrogen) atoms. The molecular weight excluding hydrogens is 290 g/mol. The smallest absolute Gasteiger partial charge is 0.233 e. The fourth-order valence-electron chi connectivity index (χ4n) is 3.45. The van der Waals surface area contributed by atoms with Crippen LogP contribution < -0.4 is 0 Å². The highest BCUT2D eigenvalue weighted by Crippen LogP contribution is 2.37. The minimum Gasteiger partial charge on any atom is -0.282 e. The second kappa shape index (κ2) is 5.79. The second-order valence-corrected chi connectivity index (χ2v) is 6.41. The van der Waals surface area contributed by atoms with Crippen LogP contribution in [0.25, 0.3) is 0 Å². The normalized spacial score (nSPS) is 25.5. The number of imide groups is 1. The molecule has 1 saturated heterocycles. The molecule has 5 nitrogen and oxygen atoms in total. The summed E-state index contributed by atoms with van der Waals surface area (Å²) in [5.74, 6) is -0.0148. The first-order valence-electron chi connectivity index (χ1n) is 7.62. The Bertz CT molecular complexity index is 526. The van der Waals surface area contributed by atoms with Gasteiger partial charge in [-0.05, 0) is 26.2 Å². The van der Waals surface area contributed by atoms with Crippen LogP contribution in [0.15, 0.2) is 6.20 Å². The highest BCUT2D eigenvalue weighted by Gasteiger charge is 2.47. The van der Waals surface area contributed by atoms with Crippen LogP contribution in [0.5, 0.6) is 0 Å². The van der Waals surface area contributed by atoms with E-state index in [-0.39, 0.29) is 23.7 Å². The molecule has 0 N–H and O–H groups in total. The Morgan fingerprint density at radius 3 is 2.33 bits per heavy atom. The van der Waals surface area contributed by atoms with Crippen LogP contribution in [-0.4, -0.2) is 33.0 Å². The van der Waals surface area contributed by atoms with Gasteiger partial charge in [-0.3, -0.25) is 19.2 Å². The van der Waals surface area contributed by atoms with Gasteiger partial charge >= 0.3 is 0 Å². The zero-order chi connectivity index (χ0) is 15.0. The Balaban J connectivity index is 1.57. The maximum Gasteiger partial charge on any atom is 0.233 e. The predicted octanol–water partition coefficient (Wildman–Crippen LogP) is 2.41. The highest BCUT2D eigenvalue weighted by atomic mass is 35.5. The average molecular weight is 310 g/mol. The van der Waals surface area contributed by atoms with Crippen molar-refractivity contribution in [1.82, 2.24) is 14.7 Å². The number of likely N-dealkylation sites (tertiary alicyclic amines) is 1. The summed E-state index contributed by atoms with van der Waals surface area (Å²) in [5, 5.41) is 4.93. The lowest BCUT2D eigenvalue weighted by atomic mass is 9.81. The lowest BCUT2D eigenvalue weighted by Gasteiger charge is -2.19. The van der Waals surface area contributed by atoms with Gasteiger partial charge in [0.15, 0.2) is 0 Å².